The van der Waals surface area contributed by atoms with E-state index in [2.05, 4.69) is 6.58 Å². The molecule has 0 spiro atoms. The average Bonchev–Trinajstić information content (AvgIpc) is 2.00. The molecule has 0 aliphatic heterocycles. The maximum Gasteiger partial charge on any atom is 0.0866 e. The molecule has 2 N–H and O–H groups in total. The van der Waals surface area contributed by atoms with Gasteiger partial charge >= 0.3 is 0 Å². The van der Waals surface area contributed by atoms with Crippen LogP contribution in [0.15, 0.2) is 12.2 Å². The first-order valence-corrected chi connectivity index (χ1v) is 4.55. The molecule has 0 aromatic carbocycles. The zero-order valence-corrected chi connectivity index (χ0v) is 7.83. The Bertz CT molecular complexity index is 177. The van der Waals surface area contributed by atoms with Crippen LogP contribution in [0, 0.1) is 11.8 Å². The van der Waals surface area contributed by atoms with Crippen molar-refractivity contribution in [3.05, 3.63) is 12.2 Å². The second kappa shape index (κ2) is 3.58. The maximum absolute atomic E-state index is 9.67. The van der Waals surface area contributed by atoms with Crippen LogP contribution in [0.2, 0.25) is 0 Å². The van der Waals surface area contributed by atoms with Crippen molar-refractivity contribution in [2.45, 2.75) is 38.9 Å². The molecule has 0 aromatic rings. The molecule has 0 heterocycles. The molecule has 1 aliphatic carbocycles. The van der Waals surface area contributed by atoms with Crippen molar-refractivity contribution in [3.63, 3.8) is 0 Å². The summed E-state index contributed by atoms with van der Waals surface area (Å²) in [5, 5.41) is 19.2. The van der Waals surface area contributed by atoms with Gasteiger partial charge in [-0.1, -0.05) is 19.1 Å². The first-order valence-electron chi connectivity index (χ1n) is 4.55. The van der Waals surface area contributed by atoms with Gasteiger partial charge in [-0.15, -0.1) is 0 Å². The van der Waals surface area contributed by atoms with Crippen LogP contribution < -0.4 is 0 Å². The smallest absolute Gasteiger partial charge is 0.0866 e. The summed E-state index contributed by atoms with van der Waals surface area (Å²) >= 11 is 0. The van der Waals surface area contributed by atoms with Crippen molar-refractivity contribution in [2.75, 3.05) is 0 Å². The molecule has 1 fully saturated rings. The molecular formula is C10H18O2. The zero-order valence-electron chi connectivity index (χ0n) is 7.83. The molecule has 0 radical (unpaired) electrons. The Balaban J connectivity index is 2.65. The second-order valence-corrected chi connectivity index (χ2v) is 3.99. The van der Waals surface area contributed by atoms with Crippen molar-refractivity contribution < 1.29 is 10.2 Å². The van der Waals surface area contributed by atoms with E-state index in [-0.39, 0.29) is 11.8 Å². The minimum atomic E-state index is -0.605. The third-order valence-corrected chi connectivity index (χ3v) is 2.91. The lowest BCUT2D eigenvalue weighted by Gasteiger charge is -2.36. The van der Waals surface area contributed by atoms with E-state index in [1.807, 2.05) is 13.8 Å². The molecule has 0 unspecified atom stereocenters. The Kier molecular flexibility index (Phi) is 2.91. The molecule has 70 valence electrons. The van der Waals surface area contributed by atoms with Gasteiger partial charge in [0.1, 0.15) is 0 Å². The Morgan fingerprint density at radius 2 is 1.83 bits per heavy atom. The molecular weight excluding hydrogens is 152 g/mol. The van der Waals surface area contributed by atoms with Crippen molar-refractivity contribution in [1.82, 2.24) is 0 Å². The standard InChI is InChI=1S/C10H18O2/c1-6(2)8-5-4-7(3)9(11)10(8)12/h7-12H,1,4-5H2,2-3H3/t7-,8+,9-,10-/m1/s1. The number of rotatable bonds is 1. The molecule has 4 atom stereocenters. The van der Waals surface area contributed by atoms with Gasteiger partial charge in [-0.2, -0.15) is 0 Å². The highest BCUT2D eigenvalue weighted by molar-refractivity contribution is 5.03. The summed E-state index contributed by atoms with van der Waals surface area (Å²) in [4.78, 5) is 0. The van der Waals surface area contributed by atoms with Crippen molar-refractivity contribution >= 4 is 0 Å². The van der Waals surface area contributed by atoms with Gasteiger partial charge in [0.05, 0.1) is 12.2 Å². The van der Waals surface area contributed by atoms with Crippen molar-refractivity contribution in [1.29, 1.82) is 0 Å². The van der Waals surface area contributed by atoms with E-state index in [1.165, 1.54) is 0 Å². The number of hydrogen-bond donors (Lipinski definition) is 2. The molecule has 2 heteroatoms. The predicted molar refractivity (Wildman–Crippen MR) is 48.7 cm³/mol. The molecule has 12 heavy (non-hydrogen) atoms. The molecule has 0 amide bonds. The molecule has 0 saturated heterocycles. The van der Waals surface area contributed by atoms with E-state index in [1.54, 1.807) is 0 Å². The van der Waals surface area contributed by atoms with Crippen LogP contribution in [-0.2, 0) is 0 Å². The van der Waals surface area contributed by atoms with Crippen LogP contribution in [0.5, 0.6) is 0 Å². The summed E-state index contributed by atoms with van der Waals surface area (Å²) in [6.45, 7) is 7.71. The SMILES string of the molecule is C=C(C)[C@@H]1CC[C@@H](C)[C@@H](O)[C@@H]1O. The van der Waals surface area contributed by atoms with Crippen LogP contribution >= 0.6 is 0 Å². The van der Waals surface area contributed by atoms with E-state index in [0.717, 1.165) is 18.4 Å². The summed E-state index contributed by atoms with van der Waals surface area (Å²) in [6.07, 6.45) is 0.761. The number of aliphatic hydroxyl groups is 2. The summed E-state index contributed by atoms with van der Waals surface area (Å²) in [5.41, 5.74) is 0.980. The van der Waals surface area contributed by atoms with Gasteiger partial charge in [0, 0.05) is 5.92 Å². The zero-order chi connectivity index (χ0) is 9.30. The normalized spacial score (nSPS) is 42.7. The van der Waals surface area contributed by atoms with Gasteiger partial charge in [-0.05, 0) is 25.7 Å². The minimum Gasteiger partial charge on any atom is -0.390 e. The van der Waals surface area contributed by atoms with E-state index in [0.29, 0.717) is 0 Å². The lowest BCUT2D eigenvalue weighted by Crippen LogP contribution is -2.42. The fourth-order valence-corrected chi connectivity index (χ4v) is 1.90. The first-order chi connectivity index (χ1) is 5.54. The number of aliphatic hydroxyl groups excluding tert-OH is 2. The summed E-state index contributed by atoms with van der Waals surface area (Å²) in [6, 6.07) is 0. The number of hydrogen-bond acceptors (Lipinski definition) is 2. The van der Waals surface area contributed by atoms with Crippen LogP contribution in [-0.4, -0.2) is 22.4 Å². The van der Waals surface area contributed by atoms with Gasteiger partial charge in [-0.25, -0.2) is 0 Å². The highest BCUT2D eigenvalue weighted by Crippen LogP contribution is 2.32. The molecule has 2 nitrogen and oxygen atoms in total. The van der Waals surface area contributed by atoms with E-state index >= 15 is 0 Å². The third kappa shape index (κ3) is 1.70. The summed E-state index contributed by atoms with van der Waals surface area (Å²) < 4.78 is 0. The lowest BCUT2D eigenvalue weighted by atomic mass is 9.76. The summed E-state index contributed by atoms with van der Waals surface area (Å²) in [5.74, 6) is 0.312. The highest BCUT2D eigenvalue weighted by atomic mass is 16.3. The van der Waals surface area contributed by atoms with Gasteiger partial charge in [-0.3, -0.25) is 0 Å². The second-order valence-electron chi connectivity index (χ2n) is 3.99. The molecule has 0 bridgehead atoms. The van der Waals surface area contributed by atoms with Crippen LogP contribution in [0.4, 0.5) is 0 Å². The Morgan fingerprint density at radius 3 is 2.33 bits per heavy atom. The Labute approximate surface area is 73.9 Å². The topological polar surface area (TPSA) is 40.5 Å². The van der Waals surface area contributed by atoms with Crippen LogP contribution in [0.25, 0.3) is 0 Å². The van der Waals surface area contributed by atoms with Gasteiger partial charge < -0.3 is 10.2 Å². The minimum absolute atomic E-state index is 0.0937. The maximum atomic E-state index is 9.67. The molecule has 1 aliphatic rings. The van der Waals surface area contributed by atoms with E-state index in [9.17, 15) is 10.2 Å². The van der Waals surface area contributed by atoms with Crippen molar-refractivity contribution in [2.24, 2.45) is 11.8 Å². The molecule has 1 saturated carbocycles. The summed E-state index contributed by atoms with van der Waals surface area (Å²) in [7, 11) is 0. The first kappa shape index (κ1) is 9.75. The van der Waals surface area contributed by atoms with E-state index in [4.69, 9.17) is 0 Å². The van der Waals surface area contributed by atoms with Gasteiger partial charge in [0.2, 0.25) is 0 Å². The van der Waals surface area contributed by atoms with Gasteiger partial charge in [0.15, 0.2) is 0 Å². The third-order valence-electron chi connectivity index (χ3n) is 2.91. The van der Waals surface area contributed by atoms with Crippen molar-refractivity contribution in [3.8, 4) is 0 Å². The predicted octanol–water partition coefficient (Wildman–Crippen LogP) is 1.33. The largest absolute Gasteiger partial charge is 0.390 e. The highest BCUT2D eigenvalue weighted by Gasteiger charge is 2.35. The van der Waals surface area contributed by atoms with Crippen LogP contribution in [0.3, 0.4) is 0 Å². The monoisotopic (exact) mass is 170 g/mol. The fraction of sp³-hybridized carbons (Fsp3) is 0.800. The Hall–Kier alpha value is -0.340. The van der Waals surface area contributed by atoms with E-state index < -0.39 is 12.2 Å². The average molecular weight is 170 g/mol. The molecule has 1 rings (SSSR count). The van der Waals surface area contributed by atoms with Gasteiger partial charge in [0.25, 0.3) is 0 Å². The quantitative estimate of drug-likeness (QED) is 0.583. The Morgan fingerprint density at radius 1 is 1.25 bits per heavy atom. The lowest BCUT2D eigenvalue weighted by molar-refractivity contribution is -0.0625. The molecule has 0 aromatic heterocycles. The van der Waals surface area contributed by atoms with Crippen LogP contribution in [0.1, 0.15) is 26.7 Å². The fourth-order valence-electron chi connectivity index (χ4n) is 1.90.